The van der Waals surface area contributed by atoms with E-state index in [1.165, 1.54) is 11.3 Å². The van der Waals surface area contributed by atoms with Gasteiger partial charge in [-0.1, -0.05) is 17.7 Å². The summed E-state index contributed by atoms with van der Waals surface area (Å²) in [4.78, 5) is 9.43. The van der Waals surface area contributed by atoms with Crippen molar-refractivity contribution in [3.05, 3.63) is 46.0 Å². The van der Waals surface area contributed by atoms with E-state index < -0.39 is 0 Å². The van der Waals surface area contributed by atoms with E-state index in [9.17, 15) is 0 Å². The largest absolute Gasteiger partial charge is 0.296 e. The molecule has 3 heterocycles. The van der Waals surface area contributed by atoms with Crippen LogP contribution in [0.5, 0.6) is 0 Å². The van der Waals surface area contributed by atoms with Crippen LogP contribution in [0.4, 0.5) is 0 Å². The Morgan fingerprint density at radius 1 is 1.09 bits per heavy atom. The van der Waals surface area contributed by atoms with E-state index in [0.717, 1.165) is 55.7 Å². The summed E-state index contributed by atoms with van der Waals surface area (Å²) in [5.41, 5.74) is 4.65. The van der Waals surface area contributed by atoms with E-state index >= 15 is 0 Å². The first-order valence-electron chi connectivity index (χ1n) is 8.08. The van der Waals surface area contributed by atoms with Crippen molar-refractivity contribution in [3.8, 4) is 0 Å². The molecule has 124 valence electrons. The van der Waals surface area contributed by atoms with E-state index in [0.29, 0.717) is 0 Å². The van der Waals surface area contributed by atoms with Gasteiger partial charge >= 0.3 is 0 Å². The number of halogens is 1. The lowest BCUT2D eigenvalue weighted by molar-refractivity contribution is 0.120. The lowest BCUT2D eigenvalue weighted by atomic mass is 10.2. The maximum absolute atomic E-state index is 6.34. The third kappa shape index (κ3) is 3.74. The second-order valence-electron chi connectivity index (χ2n) is 6.30. The molecule has 0 bridgehead atoms. The summed E-state index contributed by atoms with van der Waals surface area (Å²) >= 11 is 6.34. The Morgan fingerprint density at radius 3 is 2.30 bits per heavy atom. The first kappa shape index (κ1) is 16.4. The maximum atomic E-state index is 6.34. The van der Waals surface area contributed by atoms with Crippen molar-refractivity contribution >= 4 is 11.6 Å². The molecule has 3 rings (SSSR count). The molecule has 2 aromatic heterocycles. The van der Waals surface area contributed by atoms with Crippen molar-refractivity contribution in [2.75, 3.05) is 26.2 Å². The van der Waals surface area contributed by atoms with Gasteiger partial charge in [0.25, 0.3) is 0 Å². The Hall–Kier alpha value is -1.43. The summed E-state index contributed by atoms with van der Waals surface area (Å²) in [7, 11) is 1.89. The van der Waals surface area contributed by atoms with E-state index in [-0.39, 0.29) is 0 Å². The summed E-state index contributed by atoms with van der Waals surface area (Å²) in [6.07, 6.45) is 1.88. The molecule has 0 atom stereocenters. The quantitative estimate of drug-likeness (QED) is 0.861. The molecule has 0 radical (unpaired) electrons. The molecule has 0 unspecified atom stereocenters. The zero-order valence-corrected chi connectivity index (χ0v) is 14.8. The van der Waals surface area contributed by atoms with Gasteiger partial charge in [-0.2, -0.15) is 5.10 Å². The minimum Gasteiger partial charge on any atom is -0.296 e. The summed E-state index contributed by atoms with van der Waals surface area (Å²) in [6.45, 7) is 10.2. The second kappa shape index (κ2) is 6.99. The fraction of sp³-hybridized carbons (Fsp3) is 0.529. The van der Waals surface area contributed by atoms with Gasteiger partial charge in [-0.25, -0.2) is 0 Å². The third-order valence-corrected chi connectivity index (χ3v) is 5.08. The second-order valence-corrected chi connectivity index (χ2v) is 6.66. The van der Waals surface area contributed by atoms with Gasteiger partial charge in [0.2, 0.25) is 0 Å². The molecule has 0 aliphatic carbocycles. The summed E-state index contributed by atoms with van der Waals surface area (Å²) in [5.74, 6) is 0. The minimum atomic E-state index is 0.758. The molecular weight excluding hydrogens is 310 g/mol. The number of hydrogen-bond acceptors (Lipinski definition) is 4. The van der Waals surface area contributed by atoms with E-state index in [1.807, 2.05) is 26.2 Å². The molecule has 1 saturated heterocycles. The van der Waals surface area contributed by atoms with Gasteiger partial charge in [-0.3, -0.25) is 19.5 Å². The lowest BCUT2D eigenvalue weighted by Crippen LogP contribution is -2.45. The van der Waals surface area contributed by atoms with Gasteiger partial charge in [0, 0.05) is 58.1 Å². The molecule has 23 heavy (non-hydrogen) atoms. The smallest absolute Gasteiger partial charge is 0.131 e. The minimum absolute atomic E-state index is 0.758. The zero-order valence-electron chi connectivity index (χ0n) is 14.1. The highest BCUT2D eigenvalue weighted by Gasteiger charge is 2.21. The molecule has 0 spiro atoms. The topological polar surface area (TPSA) is 37.2 Å². The number of hydrogen-bond donors (Lipinski definition) is 0. The Labute approximate surface area is 142 Å². The van der Waals surface area contributed by atoms with Gasteiger partial charge in [0.15, 0.2) is 0 Å². The molecule has 0 N–H and O–H groups in total. The number of aromatic nitrogens is 3. The first-order valence-corrected chi connectivity index (χ1v) is 8.45. The van der Waals surface area contributed by atoms with Crippen molar-refractivity contribution in [1.82, 2.24) is 24.6 Å². The highest BCUT2D eigenvalue weighted by atomic mass is 35.5. The first-order chi connectivity index (χ1) is 11.0. The number of nitrogens with zero attached hydrogens (tertiary/aromatic N) is 5. The SMILES string of the molecule is Cc1cccnc1CN1CCN(Cc2c(C)nn(C)c2Cl)CC1. The Balaban J connectivity index is 1.55. The van der Waals surface area contributed by atoms with Crippen LogP contribution in [0.3, 0.4) is 0 Å². The van der Waals surface area contributed by atoms with E-state index in [1.54, 1.807) is 4.68 Å². The summed E-state index contributed by atoms with van der Waals surface area (Å²) in [5, 5.41) is 5.15. The van der Waals surface area contributed by atoms with Gasteiger partial charge in [-0.05, 0) is 25.5 Å². The van der Waals surface area contributed by atoms with Crippen LogP contribution in [0.2, 0.25) is 5.15 Å². The predicted molar refractivity (Wildman–Crippen MR) is 92.5 cm³/mol. The average Bonchev–Trinajstić information content (AvgIpc) is 2.78. The molecule has 0 saturated carbocycles. The predicted octanol–water partition coefficient (Wildman–Crippen LogP) is 2.40. The number of pyridine rings is 1. The van der Waals surface area contributed by atoms with Crippen LogP contribution in [0.1, 0.15) is 22.5 Å². The average molecular weight is 334 g/mol. The molecule has 0 amide bonds. The number of aryl methyl sites for hydroxylation is 3. The van der Waals surface area contributed by atoms with Gasteiger partial charge in [0.05, 0.1) is 11.4 Å². The van der Waals surface area contributed by atoms with Crippen LogP contribution >= 0.6 is 11.6 Å². The van der Waals surface area contributed by atoms with Crippen molar-refractivity contribution in [1.29, 1.82) is 0 Å². The van der Waals surface area contributed by atoms with Crippen LogP contribution in [-0.2, 0) is 20.1 Å². The monoisotopic (exact) mass is 333 g/mol. The molecule has 2 aromatic rings. The normalized spacial score (nSPS) is 16.9. The Bertz CT molecular complexity index is 674. The molecule has 5 nitrogen and oxygen atoms in total. The van der Waals surface area contributed by atoms with Crippen LogP contribution in [-0.4, -0.2) is 50.7 Å². The number of piperazine rings is 1. The van der Waals surface area contributed by atoms with Crippen LogP contribution in [0, 0.1) is 13.8 Å². The van der Waals surface area contributed by atoms with Crippen molar-refractivity contribution in [2.45, 2.75) is 26.9 Å². The highest BCUT2D eigenvalue weighted by Crippen LogP contribution is 2.21. The fourth-order valence-electron chi connectivity index (χ4n) is 3.08. The van der Waals surface area contributed by atoms with Crippen molar-refractivity contribution in [3.63, 3.8) is 0 Å². The summed E-state index contributed by atoms with van der Waals surface area (Å²) in [6, 6.07) is 4.13. The lowest BCUT2D eigenvalue weighted by Gasteiger charge is -2.34. The molecular formula is C17H24ClN5. The molecule has 1 fully saturated rings. The van der Waals surface area contributed by atoms with E-state index in [2.05, 4.69) is 32.9 Å². The molecule has 1 aliphatic rings. The standard InChI is InChI=1S/C17H24ClN5/c1-13-5-4-6-19-16(13)12-23-9-7-22(8-10-23)11-15-14(2)20-21(3)17(15)18/h4-6H,7-12H2,1-3H3. The molecule has 6 heteroatoms. The van der Waals surface area contributed by atoms with E-state index in [4.69, 9.17) is 11.6 Å². The molecule has 1 aliphatic heterocycles. The molecule has 0 aromatic carbocycles. The summed E-state index contributed by atoms with van der Waals surface area (Å²) < 4.78 is 1.76. The maximum Gasteiger partial charge on any atom is 0.131 e. The number of rotatable bonds is 4. The van der Waals surface area contributed by atoms with Crippen molar-refractivity contribution < 1.29 is 0 Å². The van der Waals surface area contributed by atoms with Crippen LogP contribution in [0.15, 0.2) is 18.3 Å². The van der Waals surface area contributed by atoms with Crippen LogP contribution < -0.4 is 0 Å². The highest BCUT2D eigenvalue weighted by molar-refractivity contribution is 6.30. The zero-order chi connectivity index (χ0) is 16.4. The fourth-order valence-corrected chi connectivity index (χ4v) is 3.31. The van der Waals surface area contributed by atoms with Crippen LogP contribution in [0.25, 0.3) is 0 Å². The van der Waals surface area contributed by atoms with Gasteiger partial charge < -0.3 is 0 Å². The Kier molecular flexibility index (Phi) is 4.99. The Morgan fingerprint density at radius 2 is 1.74 bits per heavy atom. The third-order valence-electron chi connectivity index (χ3n) is 4.61. The van der Waals surface area contributed by atoms with Crippen molar-refractivity contribution in [2.24, 2.45) is 7.05 Å². The van der Waals surface area contributed by atoms with Gasteiger partial charge in [0.1, 0.15) is 5.15 Å². The van der Waals surface area contributed by atoms with Gasteiger partial charge in [-0.15, -0.1) is 0 Å².